The van der Waals surface area contributed by atoms with Gasteiger partial charge in [0.15, 0.2) is 6.10 Å². The van der Waals surface area contributed by atoms with Gasteiger partial charge in [-0.25, -0.2) is 0 Å². The zero-order valence-electron chi connectivity index (χ0n) is 49.2. The van der Waals surface area contributed by atoms with E-state index in [0.717, 1.165) is 109 Å². The lowest BCUT2D eigenvalue weighted by molar-refractivity contribution is -0.166. The fourth-order valence-electron chi connectivity index (χ4n) is 8.32. The first-order chi connectivity index (χ1) is 37.5. The normalized spacial score (nSPS) is 13.0. The van der Waals surface area contributed by atoms with Gasteiger partial charge in [-0.15, -0.1) is 0 Å². The molecule has 0 saturated carbocycles. The number of ether oxygens (including phenoxy) is 3. The van der Waals surface area contributed by atoms with E-state index in [9.17, 15) is 14.4 Å². The van der Waals surface area contributed by atoms with Gasteiger partial charge in [0, 0.05) is 19.3 Å². The lowest BCUT2D eigenvalue weighted by atomic mass is 10.0. The van der Waals surface area contributed by atoms with Crippen LogP contribution >= 0.6 is 0 Å². The van der Waals surface area contributed by atoms with E-state index in [-0.39, 0.29) is 31.6 Å². The maximum absolute atomic E-state index is 12.8. The van der Waals surface area contributed by atoms with Gasteiger partial charge in [-0.1, -0.05) is 283 Å². The van der Waals surface area contributed by atoms with Crippen molar-refractivity contribution in [2.75, 3.05) is 13.2 Å². The number of allylic oxidation sites excluding steroid dienone is 22. The van der Waals surface area contributed by atoms with E-state index in [2.05, 4.69) is 142 Å². The number of carbonyl (C=O) groups excluding carboxylic acids is 3. The minimum atomic E-state index is -0.818. The van der Waals surface area contributed by atoms with E-state index < -0.39 is 12.1 Å². The number of rotatable bonds is 55. The Bertz CT molecular complexity index is 1630. The standard InChI is InChI=1S/C70H114O6/c1-4-7-10-13-16-19-22-25-26-27-28-29-30-31-32-33-34-35-36-37-38-39-40-41-42-43-44-46-48-51-54-57-60-63-69(72)75-66-67(65-74-68(71)62-59-56-53-50-47-24-21-18-15-12-9-6-3)76-70(73)64-61-58-55-52-49-45-23-20-17-14-11-8-5-2/h7-8,10-11,16-17,19-20,25-26,28-29,31-32,34-35,37-38,45,49,55,58,67H,4-6,9,12-15,18,21-24,27,30,33,36,39-44,46-48,50-54,56-57,59-66H2,1-3H3/b10-7-,11-8-,19-16-,20-17-,26-25-,29-28-,32-31-,35-34-,38-37-,49-45-,58-55-. The summed E-state index contributed by atoms with van der Waals surface area (Å²) in [6, 6.07) is 0. The van der Waals surface area contributed by atoms with E-state index in [1.54, 1.807) is 0 Å². The first kappa shape index (κ1) is 71.5. The van der Waals surface area contributed by atoms with E-state index in [0.29, 0.717) is 19.3 Å². The molecule has 0 aliphatic rings. The van der Waals surface area contributed by atoms with Gasteiger partial charge in [0.1, 0.15) is 13.2 Å². The van der Waals surface area contributed by atoms with E-state index in [4.69, 9.17) is 14.2 Å². The molecule has 430 valence electrons. The Hall–Kier alpha value is -4.45. The van der Waals surface area contributed by atoms with Crippen LogP contribution in [0.4, 0.5) is 0 Å². The number of hydrogen-bond acceptors (Lipinski definition) is 6. The second-order valence-electron chi connectivity index (χ2n) is 20.2. The van der Waals surface area contributed by atoms with Crippen molar-refractivity contribution >= 4 is 17.9 Å². The highest BCUT2D eigenvalue weighted by Crippen LogP contribution is 2.15. The van der Waals surface area contributed by atoms with Gasteiger partial charge in [-0.3, -0.25) is 14.4 Å². The van der Waals surface area contributed by atoms with Crippen LogP contribution in [0.1, 0.15) is 271 Å². The lowest BCUT2D eigenvalue weighted by Gasteiger charge is -2.18. The second-order valence-corrected chi connectivity index (χ2v) is 20.2. The lowest BCUT2D eigenvalue weighted by Crippen LogP contribution is -2.30. The maximum Gasteiger partial charge on any atom is 0.306 e. The molecule has 0 amide bonds. The molecule has 0 bridgehead atoms. The van der Waals surface area contributed by atoms with Crippen LogP contribution in [0.3, 0.4) is 0 Å². The monoisotopic (exact) mass is 1050 g/mol. The molecule has 0 aliphatic carbocycles. The van der Waals surface area contributed by atoms with Crippen molar-refractivity contribution in [3.05, 3.63) is 134 Å². The molecule has 0 rings (SSSR count). The fourth-order valence-corrected chi connectivity index (χ4v) is 8.32. The molecule has 0 aromatic rings. The van der Waals surface area contributed by atoms with Gasteiger partial charge in [-0.05, 0) is 103 Å². The molecule has 6 heteroatoms. The molecule has 1 atom stereocenters. The van der Waals surface area contributed by atoms with Crippen LogP contribution in [0.2, 0.25) is 0 Å². The van der Waals surface area contributed by atoms with Crippen molar-refractivity contribution in [2.24, 2.45) is 0 Å². The molecular weight excluding hydrogens is 937 g/mol. The van der Waals surface area contributed by atoms with E-state index in [1.165, 1.54) is 116 Å². The predicted octanol–water partition coefficient (Wildman–Crippen LogP) is 21.4. The highest BCUT2D eigenvalue weighted by molar-refractivity contribution is 5.71. The summed E-state index contributed by atoms with van der Waals surface area (Å²) in [6.07, 6.45) is 89.1. The molecule has 0 fully saturated rings. The smallest absolute Gasteiger partial charge is 0.306 e. The van der Waals surface area contributed by atoms with Crippen molar-refractivity contribution in [3.63, 3.8) is 0 Å². The Labute approximate surface area is 468 Å². The van der Waals surface area contributed by atoms with Crippen molar-refractivity contribution < 1.29 is 28.6 Å². The quantitative estimate of drug-likeness (QED) is 0.0261. The SMILES string of the molecule is CC/C=C\C/C=C\C/C=C\C/C=C\C/C=C\C/C=C\C/C=C\CCCCCCCCCCCCCC(=O)OCC(COC(=O)CCCCCCCCCCCCCC)OC(=O)CC/C=C\C/C=C\C/C=C\C/C=C\CC. The molecule has 0 aromatic heterocycles. The Morgan fingerprint density at radius 3 is 0.855 bits per heavy atom. The Morgan fingerprint density at radius 1 is 0.276 bits per heavy atom. The van der Waals surface area contributed by atoms with Gasteiger partial charge in [0.25, 0.3) is 0 Å². The molecule has 0 aromatic carbocycles. The predicted molar refractivity (Wildman–Crippen MR) is 329 cm³/mol. The first-order valence-corrected chi connectivity index (χ1v) is 31.2. The zero-order chi connectivity index (χ0) is 55.0. The van der Waals surface area contributed by atoms with Gasteiger partial charge >= 0.3 is 17.9 Å². The van der Waals surface area contributed by atoms with E-state index in [1.807, 2.05) is 12.2 Å². The number of carbonyl (C=O) groups is 3. The molecule has 0 heterocycles. The molecular formula is C70H114O6. The Balaban J connectivity index is 4.23. The third-order valence-corrected chi connectivity index (χ3v) is 12.9. The van der Waals surface area contributed by atoms with Crippen LogP contribution in [-0.2, 0) is 28.6 Å². The summed E-state index contributed by atoms with van der Waals surface area (Å²) in [4.78, 5) is 38.1. The Morgan fingerprint density at radius 2 is 0.539 bits per heavy atom. The zero-order valence-corrected chi connectivity index (χ0v) is 49.2. The average molecular weight is 1050 g/mol. The molecule has 0 aliphatic heterocycles. The van der Waals surface area contributed by atoms with Crippen molar-refractivity contribution in [1.29, 1.82) is 0 Å². The summed E-state index contributed by atoms with van der Waals surface area (Å²) in [5.41, 5.74) is 0. The number of hydrogen-bond donors (Lipinski definition) is 0. The highest BCUT2D eigenvalue weighted by Gasteiger charge is 2.19. The fraction of sp³-hybridized carbons (Fsp3) is 0.643. The first-order valence-electron chi connectivity index (χ1n) is 31.2. The highest BCUT2D eigenvalue weighted by atomic mass is 16.6. The molecule has 76 heavy (non-hydrogen) atoms. The van der Waals surface area contributed by atoms with Gasteiger partial charge in [0.05, 0.1) is 0 Å². The minimum absolute atomic E-state index is 0.107. The summed E-state index contributed by atoms with van der Waals surface area (Å²) in [5, 5.41) is 0. The molecule has 0 radical (unpaired) electrons. The minimum Gasteiger partial charge on any atom is -0.462 e. The molecule has 1 unspecified atom stereocenters. The number of esters is 3. The second kappa shape index (κ2) is 63.1. The summed E-state index contributed by atoms with van der Waals surface area (Å²) >= 11 is 0. The third-order valence-electron chi connectivity index (χ3n) is 12.9. The molecule has 0 saturated heterocycles. The van der Waals surface area contributed by atoms with Crippen molar-refractivity contribution in [2.45, 2.75) is 277 Å². The topological polar surface area (TPSA) is 78.9 Å². The Kier molecular flexibility index (Phi) is 59.4. The van der Waals surface area contributed by atoms with Crippen LogP contribution in [0, 0.1) is 0 Å². The third kappa shape index (κ3) is 60.4. The van der Waals surface area contributed by atoms with Crippen LogP contribution in [0.25, 0.3) is 0 Å². The van der Waals surface area contributed by atoms with Crippen molar-refractivity contribution in [3.8, 4) is 0 Å². The van der Waals surface area contributed by atoms with Gasteiger partial charge in [-0.2, -0.15) is 0 Å². The van der Waals surface area contributed by atoms with Crippen molar-refractivity contribution in [1.82, 2.24) is 0 Å². The van der Waals surface area contributed by atoms with E-state index >= 15 is 0 Å². The maximum atomic E-state index is 12.8. The summed E-state index contributed by atoms with van der Waals surface area (Å²) in [5.74, 6) is -0.993. The average Bonchev–Trinajstić information content (AvgIpc) is 3.42. The molecule has 0 N–H and O–H groups in total. The van der Waals surface area contributed by atoms with Crippen LogP contribution in [0.5, 0.6) is 0 Å². The van der Waals surface area contributed by atoms with Gasteiger partial charge < -0.3 is 14.2 Å². The van der Waals surface area contributed by atoms with Gasteiger partial charge in [0.2, 0.25) is 0 Å². The van der Waals surface area contributed by atoms with Crippen LogP contribution < -0.4 is 0 Å². The summed E-state index contributed by atoms with van der Waals surface area (Å²) in [7, 11) is 0. The summed E-state index contributed by atoms with van der Waals surface area (Å²) in [6.45, 7) is 6.34. The molecule has 0 spiro atoms. The number of unbranched alkanes of at least 4 members (excludes halogenated alkanes) is 22. The van der Waals surface area contributed by atoms with Crippen LogP contribution in [0.15, 0.2) is 134 Å². The van der Waals surface area contributed by atoms with Crippen LogP contribution in [-0.4, -0.2) is 37.2 Å². The largest absolute Gasteiger partial charge is 0.462 e. The summed E-state index contributed by atoms with van der Waals surface area (Å²) < 4.78 is 16.8. The molecule has 6 nitrogen and oxygen atoms in total.